The number of sulfonamides is 1. The first-order valence-corrected chi connectivity index (χ1v) is 11.1. The van der Waals surface area contributed by atoms with Crippen LogP contribution in [0.1, 0.15) is 41.6 Å². The number of nitrogens with zero attached hydrogens (tertiary/aromatic N) is 2. The number of amides is 1. The van der Waals surface area contributed by atoms with E-state index in [1.54, 1.807) is 11.5 Å². The molecule has 2 aromatic rings. The van der Waals surface area contributed by atoms with Crippen molar-refractivity contribution in [2.24, 2.45) is 0 Å². The van der Waals surface area contributed by atoms with Gasteiger partial charge in [-0.25, -0.2) is 21.9 Å². The molecule has 1 saturated heterocycles. The van der Waals surface area contributed by atoms with Gasteiger partial charge in [-0.1, -0.05) is 11.6 Å². The van der Waals surface area contributed by atoms with Crippen LogP contribution in [-0.4, -0.2) is 42.6 Å². The van der Waals surface area contributed by atoms with Crippen molar-refractivity contribution in [1.29, 1.82) is 0 Å². The van der Waals surface area contributed by atoms with Gasteiger partial charge < -0.3 is 14.6 Å². The molecule has 4 rings (SSSR count). The van der Waals surface area contributed by atoms with Crippen molar-refractivity contribution in [2.75, 3.05) is 18.5 Å². The zero-order valence-corrected chi connectivity index (χ0v) is 17.5. The molecular formula is C18H19ClF2N4O4S. The summed E-state index contributed by atoms with van der Waals surface area (Å²) in [5, 5.41) is 2.31. The summed E-state index contributed by atoms with van der Waals surface area (Å²) in [6.07, 6.45) is -0.535. The molecule has 2 aliphatic heterocycles. The number of aromatic nitrogens is 2. The molecule has 0 aliphatic carbocycles. The Morgan fingerprint density at radius 1 is 1.40 bits per heavy atom. The number of anilines is 1. The Morgan fingerprint density at radius 2 is 2.13 bits per heavy atom. The normalized spacial score (nSPS) is 17.6. The van der Waals surface area contributed by atoms with Crippen molar-refractivity contribution in [2.45, 2.75) is 43.2 Å². The van der Waals surface area contributed by atoms with E-state index in [-0.39, 0.29) is 34.5 Å². The lowest BCUT2D eigenvalue weighted by molar-refractivity contribution is -0.0523. The third-order valence-corrected chi connectivity index (χ3v) is 7.25. The highest BCUT2D eigenvalue weighted by Gasteiger charge is 2.42. The number of ether oxygens (including phenoxy) is 1. The first kappa shape index (κ1) is 21.2. The predicted molar refractivity (Wildman–Crippen MR) is 104 cm³/mol. The number of carbonyl (C=O) groups excluding carboxylic acids is 1. The van der Waals surface area contributed by atoms with E-state index in [9.17, 15) is 22.0 Å². The quantitative estimate of drug-likeness (QED) is 0.690. The lowest BCUT2D eigenvalue weighted by Crippen LogP contribution is -2.59. The van der Waals surface area contributed by atoms with Gasteiger partial charge in [0.25, 0.3) is 12.3 Å². The summed E-state index contributed by atoms with van der Waals surface area (Å²) in [7, 11) is -4.01. The Morgan fingerprint density at radius 3 is 2.77 bits per heavy atom. The van der Waals surface area contributed by atoms with E-state index in [2.05, 4.69) is 15.0 Å². The van der Waals surface area contributed by atoms with Crippen molar-refractivity contribution in [1.82, 2.24) is 14.3 Å². The van der Waals surface area contributed by atoms with E-state index in [0.29, 0.717) is 25.1 Å². The minimum atomic E-state index is -4.01. The van der Waals surface area contributed by atoms with Crippen molar-refractivity contribution in [3.63, 3.8) is 0 Å². The first-order valence-electron chi connectivity index (χ1n) is 9.19. The molecule has 2 aliphatic rings. The molecule has 0 spiro atoms. The minimum Gasteiger partial charge on any atom is -0.377 e. The second kappa shape index (κ2) is 7.56. The van der Waals surface area contributed by atoms with E-state index in [0.717, 1.165) is 12.3 Å². The summed E-state index contributed by atoms with van der Waals surface area (Å²) in [6.45, 7) is 2.62. The summed E-state index contributed by atoms with van der Waals surface area (Å²) in [6, 6.07) is 2.42. The molecule has 2 N–H and O–H groups in total. The number of pyridine rings is 1. The second-order valence-corrected chi connectivity index (χ2v) is 9.57. The lowest BCUT2D eigenvalue weighted by atomic mass is 10.0. The molecule has 0 atom stereocenters. The lowest BCUT2D eigenvalue weighted by Gasteiger charge is -2.38. The predicted octanol–water partition coefficient (Wildman–Crippen LogP) is 2.74. The maximum absolute atomic E-state index is 13.0. The van der Waals surface area contributed by atoms with Crippen LogP contribution < -0.4 is 10.0 Å². The van der Waals surface area contributed by atoms with Crippen LogP contribution in [0.3, 0.4) is 0 Å². The van der Waals surface area contributed by atoms with Crippen molar-refractivity contribution in [3.05, 3.63) is 40.4 Å². The van der Waals surface area contributed by atoms with Crippen molar-refractivity contribution < 1.29 is 26.7 Å². The van der Waals surface area contributed by atoms with Gasteiger partial charge in [-0.05, 0) is 31.9 Å². The fourth-order valence-corrected chi connectivity index (χ4v) is 6.01. The molecule has 8 nitrogen and oxygen atoms in total. The Hall–Kier alpha value is -2.08. The fraction of sp³-hybridized carbons (Fsp3) is 0.444. The first-order chi connectivity index (χ1) is 14.1. The van der Waals surface area contributed by atoms with Crippen LogP contribution in [-0.2, 0) is 27.7 Å². The minimum absolute atomic E-state index is 0.0186. The van der Waals surface area contributed by atoms with Crippen LogP contribution >= 0.6 is 11.6 Å². The molecule has 30 heavy (non-hydrogen) atoms. The molecule has 0 bridgehead atoms. The van der Waals surface area contributed by atoms with Gasteiger partial charge in [0.05, 0.1) is 23.8 Å². The zero-order chi connectivity index (χ0) is 21.7. The van der Waals surface area contributed by atoms with E-state index in [4.69, 9.17) is 16.3 Å². The molecule has 2 aromatic heterocycles. The van der Waals surface area contributed by atoms with Crippen LogP contribution in [0.5, 0.6) is 0 Å². The highest BCUT2D eigenvalue weighted by atomic mass is 35.5. The van der Waals surface area contributed by atoms with Crippen LogP contribution in [0.2, 0.25) is 5.02 Å². The zero-order valence-electron chi connectivity index (χ0n) is 15.9. The van der Waals surface area contributed by atoms with Gasteiger partial charge in [0.1, 0.15) is 16.3 Å². The number of hydrogen-bond acceptors (Lipinski definition) is 5. The molecule has 1 fully saturated rings. The number of halogens is 3. The van der Waals surface area contributed by atoms with E-state index in [1.807, 2.05) is 0 Å². The highest BCUT2D eigenvalue weighted by Crippen LogP contribution is 2.37. The number of fused-ring (bicyclic) bond motifs is 1. The summed E-state index contributed by atoms with van der Waals surface area (Å²) in [4.78, 5) is 16.3. The Labute approximate surface area is 176 Å². The maximum atomic E-state index is 13.0. The number of hydrogen-bond donors (Lipinski definition) is 2. The number of alkyl halides is 2. The molecule has 4 heterocycles. The number of rotatable bonds is 6. The van der Waals surface area contributed by atoms with Crippen LogP contribution in [0.25, 0.3) is 0 Å². The van der Waals surface area contributed by atoms with Gasteiger partial charge in [-0.15, -0.1) is 0 Å². The summed E-state index contributed by atoms with van der Waals surface area (Å²) < 4.78 is 61.1. The Kier molecular flexibility index (Phi) is 5.33. The summed E-state index contributed by atoms with van der Waals surface area (Å²) in [5.74, 6) is -0.686. The van der Waals surface area contributed by atoms with Gasteiger partial charge in [0.2, 0.25) is 10.0 Å². The van der Waals surface area contributed by atoms with E-state index in [1.165, 1.54) is 6.07 Å². The molecule has 0 unspecified atom stereocenters. The second-order valence-electron chi connectivity index (χ2n) is 7.58. The monoisotopic (exact) mass is 460 g/mol. The van der Waals surface area contributed by atoms with E-state index >= 15 is 0 Å². The molecule has 0 saturated carbocycles. The molecular weight excluding hydrogens is 442 g/mol. The standard InChI is InChI=1S/C18H19ClF2N4O4S/c1-18(8-29-9-18)24-30(27,28)15-12-3-2-6-25(12)14(13(15)19)17(26)23-10-4-5-22-11(7-10)16(20)21/h4-5,7,16,24H,2-3,6,8-9H2,1H3,(H,22,23,26). The van der Waals surface area contributed by atoms with Crippen molar-refractivity contribution >= 4 is 33.2 Å². The summed E-state index contributed by atoms with van der Waals surface area (Å²) >= 11 is 6.40. The number of carbonyl (C=O) groups is 1. The maximum Gasteiger partial charge on any atom is 0.280 e. The van der Waals surface area contributed by atoms with E-state index < -0.39 is 33.6 Å². The molecule has 0 radical (unpaired) electrons. The van der Waals surface area contributed by atoms with Gasteiger partial charge in [0, 0.05) is 24.1 Å². The fourth-order valence-electron chi connectivity index (χ4n) is 3.68. The van der Waals surface area contributed by atoms with Crippen LogP contribution in [0, 0.1) is 0 Å². The SMILES string of the molecule is CC1(NS(=O)(=O)c2c(Cl)c(C(=O)Nc3ccnc(C(F)F)c3)n3c2CCC3)COC1. The third kappa shape index (κ3) is 3.70. The highest BCUT2D eigenvalue weighted by molar-refractivity contribution is 7.89. The smallest absolute Gasteiger partial charge is 0.280 e. The van der Waals surface area contributed by atoms with Crippen LogP contribution in [0.4, 0.5) is 14.5 Å². The molecule has 12 heteroatoms. The summed E-state index contributed by atoms with van der Waals surface area (Å²) in [5.41, 5.74) is -0.681. The van der Waals surface area contributed by atoms with Crippen molar-refractivity contribution in [3.8, 4) is 0 Å². The Balaban J connectivity index is 1.69. The van der Waals surface area contributed by atoms with Crippen LogP contribution in [0.15, 0.2) is 23.2 Å². The average molecular weight is 461 g/mol. The third-order valence-electron chi connectivity index (χ3n) is 5.03. The van der Waals surface area contributed by atoms with Gasteiger partial charge in [-0.3, -0.25) is 9.78 Å². The molecule has 1 amide bonds. The average Bonchev–Trinajstić information content (AvgIpc) is 3.19. The van der Waals surface area contributed by atoms with Gasteiger partial charge >= 0.3 is 0 Å². The van der Waals surface area contributed by atoms with Gasteiger partial charge in [-0.2, -0.15) is 0 Å². The Bertz CT molecular complexity index is 1120. The number of nitrogens with one attached hydrogen (secondary N) is 2. The molecule has 162 valence electrons. The van der Waals surface area contributed by atoms with Gasteiger partial charge in [0.15, 0.2) is 0 Å². The largest absolute Gasteiger partial charge is 0.377 e. The topological polar surface area (TPSA) is 102 Å². The molecule has 0 aromatic carbocycles.